The van der Waals surface area contributed by atoms with Gasteiger partial charge in [-0.15, -0.1) is 0 Å². The molecule has 0 radical (unpaired) electrons. The van der Waals surface area contributed by atoms with E-state index in [1.807, 2.05) is 113 Å². The van der Waals surface area contributed by atoms with Gasteiger partial charge in [-0.05, 0) is 91.8 Å². The Morgan fingerprint density at radius 2 is 0.872 bits per heavy atom. The monoisotopic (exact) mass is 522 g/mol. The second kappa shape index (κ2) is 12.8. The second-order valence-corrected chi connectivity index (χ2v) is 9.69. The molecule has 0 fully saturated rings. The van der Waals surface area contributed by atoms with Crippen LogP contribution in [0, 0.1) is 27.7 Å². The Bertz CT molecular complexity index is 1290. The molecule has 2 amide bonds. The zero-order chi connectivity index (χ0) is 27.8. The molecule has 0 saturated carbocycles. The first-order valence-corrected chi connectivity index (χ1v) is 12.9. The highest BCUT2D eigenvalue weighted by Gasteiger charge is 2.09. The van der Waals surface area contributed by atoms with Gasteiger partial charge in [0, 0.05) is 11.4 Å². The summed E-state index contributed by atoms with van der Waals surface area (Å²) in [5, 5.41) is 5.76. The van der Waals surface area contributed by atoms with Gasteiger partial charge in [0.1, 0.15) is 11.5 Å². The summed E-state index contributed by atoms with van der Waals surface area (Å²) in [4.78, 5) is 24.7. The molecule has 0 spiro atoms. The Balaban J connectivity index is 1.24. The predicted molar refractivity (Wildman–Crippen MR) is 156 cm³/mol. The summed E-state index contributed by atoms with van der Waals surface area (Å²) < 4.78 is 11.5. The van der Waals surface area contributed by atoms with E-state index in [4.69, 9.17) is 9.47 Å². The van der Waals surface area contributed by atoms with Gasteiger partial charge in [0.2, 0.25) is 0 Å². The molecule has 0 saturated heterocycles. The van der Waals surface area contributed by atoms with Crippen molar-refractivity contribution in [3.8, 4) is 11.5 Å². The molecule has 200 valence electrons. The molecule has 6 nitrogen and oxygen atoms in total. The number of rotatable bonds is 10. The van der Waals surface area contributed by atoms with Crippen molar-refractivity contribution in [2.75, 3.05) is 23.8 Å². The average molecular weight is 523 g/mol. The van der Waals surface area contributed by atoms with Crippen LogP contribution in [-0.4, -0.2) is 25.0 Å². The van der Waals surface area contributed by atoms with E-state index in [0.29, 0.717) is 0 Å². The van der Waals surface area contributed by atoms with Crippen LogP contribution in [0.25, 0.3) is 0 Å². The number of hydrogen-bond donors (Lipinski definition) is 2. The van der Waals surface area contributed by atoms with Crippen molar-refractivity contribution in [3.05, 3.63) is 118 Å². The summed E-state index contributed by atoms with van der Waals surface area (Å²) in [5.41, 5.74) is 7.67. The van der Waals surface area contributed by atoms with E-state index in [1.165, 1.54) is 0 Å². The number of nitrogens with one attached hydrogen (secondary N) is 2. The standard InChI is InChI=1S/C33H34N2O4/c1-22-7-5-8-23(2)32(22)38-20-30(36)34-28-15-11-26(12-16-28)19-27-13-17-29(18-14-27)35-31(37)21-39-33-24(3)9-6-10-25(33)4/h5-18H,19-21H2,1-4H3,(H,34,36)(H,35,37). The van der Waals surface area contributed by atoms with Crippen LogP contribution < -0.4 is 20.1 Å². The number of carbonyl (C=O) groups excluding carboxylic acids is 2. The topological polar surface area (TPSA) is 76.7 Å². The lowest BCUT2D eigenvalue weighted by molar-refractivity contribution is -0.118. The van der Waals surface area contributed by atoms with Gasteiger partial charge < -0.3 is 20.1 Å². The Hall–Kier alpha value is -4.58. The predicted octanol–water partition coefficient (Wildman–Crippen LogP) is 6.55. The molecule has 4 rings (SSSR count). The van der Waals surface area contributed by atoms with E-state index in [9.17, 15) is 9.59 Å². The number of amides is 2. The third kappa shape index (κ3) is 7.71. The van der Waals surface area contributed by atoms with E-state index in [-0.39, 0.29) is 25.0 Å². The van der Waals surface area contributed by atoms with E-state index in [2.05, 4.69) is 10.6 Å². The van der Waals surface area contributed by atoms with Crippen LogP contribution in [-0.2, 0) is 16.0 Å². The van der Waals surface area contributed by atoms with Gasteiger partial charge in [0.05, 0.1) is 0 Å². The largest absolute Gasteiger partial charge is 0.483 e. The molecule has 2 N–H and O–H groups in total. The molecule has 0 aliphatic rings. The average Bonchev–Trinajstić information content (AvgIpc) is 2.90. The summed E-state index contributed by atoms with van der Waals surface area (Å²) in [6, 6.07) is 27.3. The number of anilines is 2. The minimum absolute atomic E-state index is 0.0476. The van der Waals surface area contributed by atoms with Crippen LogP contribution in [0.15, 0.2) is 84.9 Å². The van der Waals surface area contributed by atoms with Crippen LogP contribution in [0.5, 0.6) is 11.5 Å². The summed E-state index contributed by atoms with van der Waals surface area (Å²) in [5.74, 6) is 1.09. The molecule has 0 atom stereocenters. The SMILES string of the molecule is Cc1cccc(C)c1OCC(=O)Nc1ccc(Cc2ccc(NC(=O)COc3c(C)cccc3C)cc2)cc1. The van der Waals surface area contributed by atoms with Crippen LogP contribution in [0.2, 0.25) is 0 Å². The lowest BCUT2D eigenvalue weighted by atomic mass is 10.0. The first-order chi connectivity index (χ1) is 18.8. The Kier molecular flexibility index (Phi) is 9.00. The highest BCUT2D eigenvalue weighted by atomic mass is 16.5. The summed E-state index contributed by atoms with van der Waals surface area (Å²) in [6.07, 6.45) is 0.730. The first kappa shape index (κ1) is 27.5. The number of para-hydroxylation sites is 2. The van der Waals surface area contributed by atoms with Crippen LogP contribution in [0.4, 0.5) is 11.4 Å². The minimum atomic E-state index is -0.206. The van der Waals surface area contributed by atoms with E-state index < -0.39 is 0 Å². The molecule has 4 aromatic carbocycles. The summed E-state index contributed by atoms with van der Waals surface area (Å²) in [7, 11) is 0. The van der Waals surface area contributed by atoms with Gasteiger partial charge in [-0.25, -0.2) is 0 Å². The maximum Gasteiger partial charge on any atom is 0.262 e. The van der Waals surface area contributed by atoms with Crippen LogP contribution in [0.3, 0.4) is 0 Å². The number of carbonyl (C=O) groups is 2. The van der Waals surface area contributed by atoms with Gasteiger partial charge in [0.15, 0.2) is 13.2 Å². The second-order valence-electron chi connectivity index (χ2n) is 9.69. The number of aryl methyl sites for hydroxylation is 4. The Labute approximate surface area is 230 Å². The fourth-order valence-electron chi connectivity index (χ4n) is 4.37. The minimum Gasteiger partial charge on any atom is -0.483 e. The van der Waals surface area contributed by atoms with Crippen molar-refractivity contribution in [1.82, 2.24) is 0 Å². The summed E-state index contributed by atoms with van der Waals surface area (Å²) in [6.45, 7) is 7.76. The number of hydrogen-bond acceptors (Lipinski definition) is 4. The third-order valence-corrected chi connectivity index (χ3v) is 6.40. The molecule has 0 unspecified atom stereocenters. The van der Waals surface area contributed by atoms with E-state index in [1.54, 1.807) is 0 Å². The third-order valence-electron chi connectivity index (χ3n) is 6.40. The highest BCUT2D eigenvalue weighted by molar-refractivity contribution is 5.92. The lowest BCUT2D eigenvalue weighted by Crippen LogP contribution is -2.20. The number of benzene rings is 4. The fraction of sp³-hybridized carbons (Fsp3) is 0.212. The van der Waals surface area contributed by atoms with E-state index in [0.717, 1.165) is 62.7 Å². The first-order valence-electron chi connectivity index (χ1n) is 12.9. The molecule has 4 aromatic rings. The molecule has 0 heterocycles. The van der Waals surface area contributed by atoms with Crippen molar-refractivity contribution in [3.63, 3.8) is 0 Å². The van der Waals surface area contributed by atoms with Crippen molar-refractivity contribution >= 4 is 23.2 Å². The molecular weight excluding hydrogens is 488 g/mol. The Morgan fingerprint density at radius 3 is 1.21 bits per heavy atom. The normalized spacial score (nSPS) is 10.6. The van der Waals surface area contributed by atoms with Crippen molar-refractivity contribution in [1.29, 1.82) is 0 Å². The van der Waals surface area contributed by atoms with Gasteiger partial charge in [0.25, 0.3) is 11.8 Å². The van der Waals surface area contributed by atoms with Gasteiger partial charge in [-0.2, -0.15) is 0 Å². The Morgan fingerprint density at radius 1 is 0.538 bits per heavy atom. The van der Waals surface area contributed by atoms with Crippen molar-refractivity contribution in [2.45, 2.75) is 34.1 Å². The molecule has 6 heteroatoms. The van der Waals surface area contributed by atoms with Crippen molar-refractivity contribution < 1.29 is 19.1 Å². The molecule has 0 aliphatic heterocycles. The molecular formula is C33H34N2O4. The molecule has 0 aromatic heterocycles. The zero-order valence-electron chi connectivity index (χ0n) is 22.8. The zero-order valence-corrected chi connectivity index (χ0v) is 22.8. The van der Waals surface area contributed by atoms with Gasteiger partial charge in [-0.3, -0.25) is 9.59 Å². The van der Waals surface area contributed by atoms with Gasteiger partial charge >= 0.3 is 0 Å². The van der Waals surface area contributed by atoms with Crippen LogP contribution >= 0.6 is 0 Å². The van der Waals surface area contributed by atoms with Crippen molar-refractivity contribution in [2.24, 2.45) is 0 Å². The van der Waals surface area contributed by atoms with E-state index >= 15 is 0 Å². The number of ether oxygens (including phenoxy) is 2. The summed E-state index contributed by atoms with van der Waals surface area (Å²) >= 11 is 0. The molecule has 39 heavy (non-hydrogen) atoms. The maximum absolute atomic E-state index is 12.4. The van der Waals surface area contributed by atoms with Crippen LogP contribution in [0.1, 0.15) is 33.4 Å². The highest BCUT2D eigenvalue weighted by Crippen LogP contribution is 2.23. The quantitative estimate of drug-likeness (QED) is 0.248. The molecule has 0 bridgehead atoms. The fourth-order valence-corrected chi connectivity index (χ4v) is 4.37. The van der Waals surface area contributed by atoms with Gasteiger partial charge in [-0.1, -0.05) is 60.7 Å². The molecule has 0 aliphatic carbocycles. The smallest absolute Gasteiger partial charge is 0.262 e. The maximum atomic E-state index is 12.4. The lowest BCUT2D eigenvalue weighted by Gasteiger charge is -2.12.